The summed E-state index contributed by atoms with van der Waals surface area (Å²) in [6.45, 7) is 3.54. The van der Waals surface area contributed by atoms with E-state index in [9.17, 15) is 4.79 Å². The average molecular weight is 352 g/mol. The lowest BCUT2D eigenvalue weighted by atomic mass is 10.1. The van der Waals surface area contributed by atoms with Gasteiger partial charge < -0.3 is 9.80 Å². The van der Waals surface area contributed by atoms with E-state index >= 15 is 0 Å². The van der Waals surface area contributed by atoms with Crippen LogP contribution in [0.15, 0.2) is 24.8 Å². The van der Waals surface area contributed by atoms with Crippen molar-refractivity contribution in [3.05, 3.63) is 41.6 Å². The molecule has 7 heteroatoms. The van der Waals surface area contributed by atoms with Gasteiger partial charge in [-0.3, -0.25) is 9.48 Å². The molecule has 2 aromatic rings. The predicted molar refractivity (Wildman–Crippen MR) is 99.7 cm³/mol. The molecule has 1 fully saturated rings. The molecular weight excluding hydrogens is 328 g/mol. The minimum Gasteiger partial charge on any atom is -0.356 e. The fraction of sp³-hybridized carbons (Fsp3) is 0.474. The van der Waals surface area contributed by atoms with Crippen LogP contribution in [0.5, 0.6) is 0 Å². The first-order valence-electron chi connectivity index (χ1n) is 9.24. The average Bonchev–Trinajstić information content (AvgIpc) is 3.27. The van der Waals surface area contributed by atoms with Gasteiger partial charge in [0.05, 0.1) is 11.9 Å². The molecule has 4 heterocycles. The molecule has 0 aromatic carbocycles. The van der Waals surface area contributed by atoms with Gasteiger partial charge in [-0.05, 0) is 25.3 Å². The van der Waals surface area contributed by atoms with Crippen LogP contribution in [0.25, 0.3) is 6.08 Å². The molecule has 2 aliphatic rings. The van der Waals surface area contributed by atoms with E-state index in [-0.39, 0.29) is 5.91 Å². The Bertz CT molecular complexity index is 821. The van der Waals surface area contributed by atoms with Crippen LogP contribution in [-0.2, 0) is 24.7 Å². The van der Waals surface area contributed by atoms with Crippen molar-refractivity contribution >= 4 is 17.8 Å². The molecule has 0 spiro atoms. The molecule has 1 saturated heterocycles. The van der Waals surface area contributed by atoms with Gasteiger partial charge in [0.2, 0.25) is 5.91 Å². The number of hydrogen-bond donors (Lipinski definition) is 0. The van der Waals surface area contributed by atoms with Crippen LogP contribution < -0.4 is 4.90 Å². The Kier molecular flexibility index (Phi) is 4.69. The monoisotopic (exact) mass is 352 g/mol. The second-order valence-corrected chi connectivity index (χ2v) is 6.92. The molecule has 136 valence electrons. The van der Waals surface area contributed by atoms with Gasteiger partial charge in [-0.2, -0.15) is 5.10 Å². The summed E-state index contributed by atoms with van der Waals surface area (Å²) in [5.74, 6) is 1.12. The molecular formula is C19H24N6O. The van der Waals surface area contributed by atoms with Crippen molar-refractivity contribution in [1.29, 1.82) is 0 Å². The van der Waals surface area contributed by atoms with Gasteiger partial charge in [-0.25, -0.2) is 9.97 Å². The molecule has 0 bridgehead atoms. The fourth-order valence-corrected chi connectivity index (χ4v) is 3.73. The van der Waals surface area contributed by atoms with E-state index in [1.807, 2.05) is 24.2 Å². The van der Waals surface area contributed by atoms with Crippen LogP contribution in [-0.4, -0.2) is 56.7 Å². The third-order valence-corrected chi connectivity index (χ3v) is 5.12. The molecule has 2 aliphatic heterocycles. The highest BCUT2D eigenvalue weighted by molar-refractivity contribution is 5.91. The minimum atomic E-state index is 0.0392. The Morgan fingerprint density at radius 3 is 2.69 bits per heavy atom. The van der Waals surface area contributed by atoms with Gasteiger partial charge in [0.15, 0.2) is 0 Å². The normalized spacial score (nSPS) is 17.6. The topological polar surface area (TPSA) is 67.2 Å². The van der Waals surface area contributed by atoms with Crippen molar-refractivity contribution < 1.29 is 4.79 Å². The number of carbonyl (C=O) groups excluding carboxylic acids is 1. The van der Waals surface area contributed by atoms with Crippen LogP contribution in [0, 0.1) is 0 Å². The van der Waals surface area contributed by atoms with Crippen molar-refractivity contribution in [2.45, 2.75) is 25.7 Å². The number of hydrogen-bond acceptors (Lipinski definition) is 5. The summed E-state index contributed by atoms with van der Waals surface area (Å²) in [6.07, 6.45) is 12.8. The highest BCUT2D eigenvalue weighted by Crippen LogP contribution is 2.26. The summed E-state index contributed by atoms with van der Waals surface area (Å²) < 4.78 is 1.73. The number of carbonyl (C=O) groups is 1. The van der Waals surface area contributed by atoms with E-state index < -0.39 is 0 Å². The SMILES string of the molecule is Cn1cc(/C=C/C(=O)N2CCc3ncnc(N4CCCC4)c3CC2)cn1. The van der Waals surface area contributed by atoms with Gasteiger partial charge in [0, 0.05) is 63.0 Å². The molecule has 4 rings (SSSR count). The second kappa shape index (κ2) is 7.27. The van der Waals surface area contributed by atoms with E-state index in [1.54, 1.807) is 23.3 Å². The quantitative estimate of drug-likeness (QED) is 0.782. The summed E-state index contributed by atoms with van der Waals surface area (Å²) in [7, 11) is 1.87. The number of aromatic nitrogens is 4. The Morgan fingerprint density at radius 1 is 1.12 bits per heavy atom. The number of nitrogens with zero attached hydrogens (tertiary/aromatic N) is 6. The Labute approximate surface area is 153 Å². The number of anilines is 1. The highest BCUT2D eigenvalue weighted by atomic mass is 16.2. The van der Waals surface area contributed by atoms with Crippen LogP contribution in [0.2, 0.25) is 0 Å². The largest absolute Gasteiger partial charge is 0.356 e. The predicted octanol–water partition coefficient (Wildman–Crippen LogP) is 1.45. The molecule has 0 N–H and O–H groups in total. The first kappa shape index (κ1) is 16.8. The lowest BCUT2D eigenvalue weighted by Gasteiger charge is -2.21. The van der Waals surface area contributed by atoms with E-state index in [2.05, 4.69) is 20.0 Å². The van der Waals surface area contributed by atoms with Crippen LogP contribution in [0.3, 0.4) is 0 Å². The van der Waals surface area contributed by atoms with Crippen molar-refractivity contribution in [3.63, 3.8) is 0 Å². The van der Waals surface area contributed by atoms with E-state index in [0.717, 1.165) is 43.0 Å². The van der Waals surface area contributed by atoms with E-state index in [4.69, 9.17) is 0 Å². The molecule has 7 nitrogen and oxygen atoms in total. The summed E-state index contributed by atoms with van der Waals surface area (Å²) in [4.78, 5) is 25.9. The van der Waals surface area contributed by atoms with Crippen molar-refractivity contribution in [2.24, 2.45) is 7.05 Å². The summed E-state index contributed by atoms with van der Waals surface area (Å²) in [6, 6.07) is 0. The van der Waals surface area contributed by atoms with Gasteiger partial charge in [0.25, 0.3) is 0 Å². The molecule has 0 unspecified atom stereocenters. The van der Waals surface area contributed by atoms with Crippen LogP contribution in [0.1, 0.15) is 29.7 Å². The van der Waals surface area contributed by atoms with Crippen LogP contribution in [0.4, 0.5) is 5.82 Å². The van der Waals surface area contributed by atoms with E-state index in [1.165, 1.54) is 18.4 Å². The van der Waals surface area contributed by atoms with Gasteiger partial charge in [0.1, 0.15) is 12.1 Å². The Morgan fingerprint density at radius 2 is 1.92 bits per heavy atom. The maximum absolute atomic E-state index is 12.6. The lowest BCUT2D eigenvalue weighted by Crippen LogP contribution is -2.31. The van der Waals surface area contributed by atoms with Gasteiger partial charge in [-0.1, -0.05) is 0 Å². The summed E-state index contributed by atoms with van der Waals surface area (Å²) in [5.41, 5.74) is 3.25. The van der Waals surface area contributed by atoms with Crippen LogP contribution >= 0.6 is 0 Å². The first-order chi connectivity index (χ1) is 12.7. The maximum atomic E-state index is 12.6. The highest BCUT2D eigenvalue weighted by Gasteiger charge is 2.24. The zero-order valence-electron chi connectivity index (χ0n) is 15.1. The minimum absolute atomic E-state index is 0.0392. The molecule has 0 saturated carbocycles. The molecule has 26 heavy (non-hydrogen) atoms. The Hall–Kier alpha value is -2.70. The summed E-state index contributed by atoms with van der Waals surface area (Å²) >= 11 is 0. The molecule has 2 aromatic heterocycles. The number of rotatable bonds is 3. The van der Waals surface area contributed by atoms with Crippen molar-refractivity contribution in [1.82, 2.24) is 24.6 Å². The molecule has 1 amide bonds. The molecule has 0 aliphatic carbocycles. The molecule has 0 atom stereocenters. The number of amides is 1. The third kappa shape index (κ3) is 3.47. The standard InChI is InChI=1S/C19H24N6O/c1-23-13-15(12-22-23)4-5-18(26)24-10-6-16-17(7-11-24)20-14-21-19(16)25-8-2-3-9-25/h4-5,12-14H,2-3,6-11H2,1H3/b5-4+. The third-order valence-electron chi connectivity index (χ3n) is 5.12. The lowest BCUT2D eigenvalue weighted by molar-refractivity contribution is -0.125. The smallest absolute Gasteiger partial charge is 0.246 e. The number of aryl methyl sites for hydroxylation is 1. The molecule has 0 radical (unpaired) electrons. The first-order valence-corrected chi connectivity index (χ1v) is 9.24. The van der Waals surface area contributed by atoms with Crippen molar-refractivity contribution in [2.75, 3.05) is 31.1 Å². The van der Waals surface area contributed by atoms with E-state index in [0.29, 0.717) is 13.1 Å². The van der Waals surface area contributed by atoms with Gasteiger partial charge in [-0.15, -0.1) is 0 Å². The maximum Gasteiger partial charge on any atom is 0.246 e. The Balaban J connectivity index is 1.47. The zero-order valence-corrected chi connectivity index (χ0v) is 15.1. The summed E-state index contributed by atoms with van der Waals surface area (Å²) in [5, 5.41) is 4.12. The van der Waals surface area contributed by atoms with Crippen molar-refractivity contribution in [3.8, 4) is 0 Å². The zero-order chi connectivity index (χ0) is 17.9. The second-order valence-electron chi connectivity index (χ2n) is 6.92. The number of fused-ring (bicyclic) bond motifs is 1. The fourth-order valence-electron chi connectivity index (χ4n) is 3.73. The van der Waals surface area contributed by atoms with Gasteiger partial charge >= 0.3 is 0 Å².